The van der Waals surface area contributed by atoms with Gasteiger partial charge in [-0.05, 0) is 39.0 Å². The third kappa shape index (κ3) is 2.43. The fourth-order valence-electron chi connectivity index (χ4n) is 2.10. The van der Waals surface area contributed by atoms with Gasteiger partial charge in [-0.25, -0.2) is 4.98 Å². The molecule has 108 valence electrons. The summed E-state index contributed by atoms with van der Waals surface area (Å²) in [7, 11) is 3.22. The van der Waals surface area contributed by atoms with E-state index < -0.39 is 0 Å². The Hall–Kier alpha value is -2.17. The summed E-state index contributed by atoms with van der Waals surface area (Å²) in [6.07, 6.45) is 1.77. The Labute approximate surface area is 119 Å². The first kappa shape index (κ1) is 14.2. The fourth-order valence-corrected chi connectivity index (χ4v) is 2.10. The van der Waals surface area contributed by atoms with Crippen LogP contribution in [0, 0.1) is 0 Å². The highest BCUT2D eigenvalue weighted by atomic mass is 16.5. The van der Waals surface area contributed by atoms with E-state index in [1.54, 1.807) is 20.5 Å². The van der Waals surface area contributed by atoms with Gasteiger partial charge in [0.1, 0.15) is 11.5 Å². The lowest BCUT2D eigenvalue weighted by atomic mass is 10.1. The van der Waals surface area contributed by atoms with E-state index in [1.165, 1.54) is 0 Å². The van der Waals surface area contributed by atoms with Crippen molar-refractivity contribution in [1.29, 1.82) is 0 Å². The molecule has 0 saturated heterocycles. The molecule has 2 aromatic rings. The van der Waals surface area contributed by atoms with Gasteiger partial charge in [0.25, 0.3) is 0 Å². The van der Waals surface area contributed by atoms with Crippen LogP contribution in [0.2, 0.25) is 0 Å². The monoisotopic (exact) mass is 275 g/mol. The van der Waals surface area contributed by atoms with Crippen molar-refractivity contribution in [3.8, 4) is 22.8 Å². The van der Waals surface area contributed by atoms with Crippen LogP contribution >= 0.6 is 0 Å². The molecule has 0 bridgehead atoms. The van der Waals surface area contributed by atoms with Gasteiger partial charge >= 0.3 is 0 Å². The largest absolute Gasteiger partial charge is 0.493 e. The molecule has 1 aromatic carbocycles. The van der Waals surface area contributed by atoms with Gasteiger partial charge in [0.15, 0.2) is 11.5 Å². The van der Waals surface area contributed by atoms with E-state index in [9.17, 15) is 0 Å². The number of benzene rings is 1. The minimum Gasteiger partial charge on any atom is -0.493 e. The Morgan fingerprint density at radius 1 is 1.10 bits per heavy atom. The van der Waals surface area contributed by atoms with Crippen molar-refractivity contribution in [1.82, 2.24) is 9.55 Å². The number of ether oxygens (including phenoxy) is 2. The molecule has 2 rings (SSSR count). The summed E-state index contributed by atoms with van der Waals surface area (Å²) in [6.45, 7) is 6.26. The second-order valence-corrected chi connectivity index (χ2v) is 5.59. The summed E-state index contributed by atoms with van der Waals surface area (Å²) >= 11 is 0. The van der Waals surface area contributed by atoms with E-state index in [1.807, 2.05) is 22.8 Å². The molecule has 0 unspecified atom stereocenters. The minimum atomic E-state index is -0.105. The Morgan fingerprint density at radius 2 is 1.75 bits per heavy atom. The lowest BCUT2D eigenvalue weighted by Gasteiger charge is -2.22. The van der Waals surface area contributed by atoms with Crippen LogP contribution in [0.15, 0.2) is 24.5 Å². The first-order valence-corrected chi connectivity index (χ1v) is 6.44. The van der Waals surface area contributed by atoms with E-state index in [2.05, 4.69) is 25.8 Å². The topological polar surface area (TPSA) is 62.3 Å². The molecule has 20 heavy (non-hydrogen) atoms. The molecular weight excluding hydrogens is 254 g/mol. The Kier molecular flexibility index (Phi) is 3.61. The molecule has 0 aliphatic carbocycles. The molecular formula is C15H21N3O2. The fraction of sp³-hybridized carbons (Fsp3) is 0.400. The number of hydrogen-bond acceptors (Lipinski definition) is 4. The lowest BCUT2D eigenvalue weighted by Crippen LogP contribution is -2.22. The molecule has 0 fully saturated rings. The van der Waals surface area contributed by atoms with Crippen LogP contribution in [0.25, 0.3) is 11.3 Å². The van der Waals surface area contributed by atoms with E-state index in [0.717, 1.165) is 11.3 Å². The van der Waals surface area contributed by atoms with Crippen LogP contribution in [-0.4, -0.2) is 23.8 Å². The number of nitrogen functional groups attached to an aromatic ring is 1. The highest BCUT2D eigenvalue weighted by molar-refractivity contribution is 5.73. The van der Waals surface area contributed by atoms with Crippen molar-refractivity contribution in [3.05, 3.63) is 24.5 Å². The van der Waals surface area contributed by atoms with Crippen LogP contribution in [0.1, 0.15) is 20.8 Å². The Balaban J connectivity index is 2.50. The van der Waals surface area contributed by atoms with Gasteiger partial charge in [-0.3, -0.25) is 0 Å². The van der Waals surface area contributed by atoms with Gasteiger partial charge < -0.3 is 19.8 Å². The quantitative estimate of drug-likeness (QED) is 0.935. The van der Waals surface area contributed by atoms with E-state index in [0.29, 0.717) is 17.3 Å². The number of methoxy groups -OCH3 is 2. The summed E-state index contributed by atoms with van der Waals surface area (Å²) in [6, 6.07) is 5.65. The average molecular weight is 275 g/mol. The Bertz CT molecular complexity index is 612. The molecule has 5 heteroatoms. The molecule has 0 saturated carbocycles. The van der Waals surface area contributed by atoms with Gasteiger partial charge in [-0.1, -0.05) is 0 Å². The number of imidazole rings is 1. The van der Waals surface area contributed by atoms with Crippen molar-refractivity contribution < 1.29 is 9.47 Å². The highest BCUT2D eigenvalue weighted by Crippen LogP contribution is 2.35. The van der Waals surface area contributed by atoms with Crippen LogP contribution in [0.5, 0.6) is 11.5 Å². The molecule has 1 aromatic heterocycles. The maximum atomic E-state index is 6.21. The van der Waals surface area contributed by atoms with Gasteiger partial charge in [-0.2, -0.15) is 0 Å². The standard InChI is InChI=1S/C15H21N3O2/c1-15(2,3)18-9-17-13(14(18)16)10-6-7-11(19-4)12(8-10)20-5/h6-9H,16H2,1-5H3. The Morgan fingerprint density at radius 3 is 2.25 bits per heavy atom. The smallest absolute Gasteiger partial charge is 0.161 e. The predicted octanol–water partition coefficient (Wildman–Crippen LogP) is 2.90. The minimum absolute atomic E-state index is 0.105. The van der Waals surface area contributed by atoms with Gasteiger partial charge in [0.2, 0.25) is 0 Å². The molecule has 2 N–H and O–H groups in total. The van der Waals surface area contributed by atoms with Gasteiger partial charge in [-0.15, -0.1) is 0 Å². The summed E-state index contributed by atoms with van der Waals surface area (Å²) < 4.78 is 12.5. The molecule has 0 spiro atoms. The van der Waals surface area contributed by atoms with E-state index in [-0.39, 0.29) is 5.54 Å². The third-order valence-corrected chi connectivity index (χ3v) is 3.18. The molecule has 0 aliphatic heterocycles. The van der Waals surface area contributed by atoms with Crippen LogP contribution in [0.3, 0.4) is 0 Å². The van der Waals surface area contributed by atoms with Crippen molar-refractivity contribution in [2.45, 2.75) is 26.3 Å². The van der Waals surface area contributed by atoms with Gasteiger partial charge in [0.05, 0.1) is 20.5 Å². The molecule has 0 radical (unpaired) electrons. The first-order chi connectivity index (χ1) is 9.38. The number of nitrogens with zero attached hydrogens (tertiary/aromatic N) is 2. The van der Waals surface area contributed by atoms with Gasteiger partial charge in [0, 0.05) is 11.1 Å². The zero-order chi connectivity index (χ0) is 14.9. The molecule has 5 nitrogen and oxygen atoms in total. The van der Waals surface area contributed by atoms with E-state index in [4.69, 9.17) is 15.2 Å². The average Bonchev–Trinajstić information content (AvgIpc) is 2.79. The number of anilines is 1. The van der Waals surface area contributed by atoms with Crippen LogP contribution < -0.4 is 15.2 Å². The van der Waals surface area contributed by atoms with Crippen molar-refractivity contribution in [3.63, 3.8) is 0 Å². The first-order valence-electron chi connectivity index (χ1n) is 6.44. The van der Waals surface area contributed by atoms with Crippen LogP contribution in [-0.2, 0) is 5.54 Å². The summed E-state index contributed by atoms with van der Waals surface area (Å²) in [5.74, 6) is 1.99. The summed E-state index contributed by atoms with van der Waals surface area (Å²) in [5, 5.41) is 0. The summed E-state index contributed by atoms with van der Waals surface area (Å²) in [4.78, 5) is 4.42. The number of rotatable bonds is 3. The third-order valence-electron chi connectivity index (χ3n) is 3.18. The molecule has 0 amide bonds. The number of hydrogen-bond donors (Lipinski definition) is 1. The lowest BCUT2D eigenvalue weighted by molar-refractivity contribution is 0.355. The summed E-state index contributed by atoms with van der Waals surface area (Å²) in [5.41, 5.74) is 7.76. The number of nitrogens with two attached hydrogens (primary N) is 1. The molecule has 0 aliphatic rings. The predicted molar refractivity (Wildman–Crippen MR) is 80.2 cm³/mol. The second-order valence-electron chi connectivity index (χ2n) is 5.59. The maximum Gasteiger partial charge on any atom is 0.161 e. The number of aromatic nitrogens is 2. The normalized spacial score (nSPS) is 11.4. The van der Waals surface area contributed by atoms with Crippen molar-refractivity contribution >= 4 is 5.82 Å². The van der Waals surface area contributed by atoms with Crippen molar-refractivity contribution in [2.75, 3.05) is 20.0 Å². The SMILES string of the molecule is COc1ccc(-c2ncn(C(C)(C)C)c2N)cc1OC. The highest BCUT2D eigenvalue weighted by Gasteiger charge is 2.20. The maximum absolute atomic E-state index is 6.21. The molecule has 1 heterocycles. The zero-order valence-corrected chi connectivity index (χ0v) is 12.6. The van der Waals surface area contributed by atoms with Crippen molar-refractivity contribution in [2.24, 2.45) is 0 Å². The second kappa shape index (κ2) is 5.07. The zero-order valence-electron chi connectivity index (χ0n) is 12.6. The van der Waals surface area contributed by atoms with E-state index >= 15 is 0 Å². The molecule has 0 atom stereocenters. The van der Waals surface area contributed by atoms with Crippen LogP contribution in [0.4, 0.5) is 5.82 Å².